The second kappa shape index (κ2) is 10.1. The number of carbonyl (C=O) groups is 2. The fourth-order valence-electron chi connectivity index (χ4n) is 3.44. The summed E-state index contributed by atoms with van der Waals surface area (Å²) in [6, 6.07) is 13.8. The summed E-state index contributed by atoms with van der Waals surface area (Å²) in [7, 11) is 1.50. The van der Waals surface area contributed by atoms with Crippen LogP contribution in [0.25, 0.3) is 0 Å². The van der Waals surface area contributed by atoms with E-state index in [-0.39, 0.29) is 18.0 Å². The van der Waals surface area contributed by atoms with Gasteiger partial charge in [-0.1, -0.05) is 30.3 Å². The molecule has 160 valence electrons. The van der Waals surface area contributed by atoms with Crippen LogP contribution in [0.2, 0.25) is 0 Å². The summed E-state index contributed by atoms with van der Waals surface area (Å²) in [6.07, 6.45) is -0.312. The van der Waals surface area contributed by atoms with Crippen molar-refractivity contribution in [1.29, 1.82) is 0 Å². The molecule has 3 rings (SSSR count). The van der Waals surface area contributed by atoms with Crippen LogP contribution >= 0.6 is 0 Å². The number of urea groups is 1. The number of rotatable bonds is 6. The highest BCUT2D eigenvalue weighted by Gasteiger charge is 2.29. The quantitative estimate of drug-likeness (QED) is 0.676. The standard InChI is InChI=1S/C22H27N3O5/c1-15(26)23-19-9-8-17(12-21(19)29-2)24-22(28)25-10-11-30-14-18(25)13-20(27)16-6-4-3-5-7-16/h3-9,12,18,20,27H,10-11,13-14H2,1-2H3,(H,23,26)(H,24,28). The first-order valence-corrected chi connectivity index (χ1v) is 9.82. The number of methoxy groups -OCH3 is 1. The summed E-state index contributed by atoms with van der Waals surface area (Å²) in [5, 5.41) is 16.1. The molecule has 2 atom stereocenters. The smallest absolute Gasteiger partial charge is 0.322 e. The van der Waals surface area contributed by atoms with Crippen LogP contribution in [0, 0.1) is 0 Å². The Morgan fingerprint density at radius 3 is 2.70 bits per heavy atom. The number of aliphatic hydroxyl groups is 1. The van der Waals surface area contributed by atoms with E-state index in [0.29, 0.717) is 43.3 Å². The predicted octanol–water partition coefficient (Wildman–Crippen LogP) is 3.01. The molecule has 8 nitrogen and oxygen atoms in total. The maximum Gasteiger partial charge on any atom is 0.322 e. The number of anilines is 2. The van der Waals surface area contributed by atoms with Crippen molar-refractivity contribution >= 4 is 23.3 Å². The number of aliphatic hydroxyl groups excluding tert-OH is 1. The summed E-state index contributed by atoms with van der Waals surface area (Å²) in [5.41, 5.74) is 1.87. The van der Waals surface area contributed by atoms with Gasteiger partial charge in [-0.25, -0.2) is 4.79 Å². The number of morpholine rings is 1. The predicted molar refractivity (Wildman–Crippen MR) is 114 cm³/mol. The molecule has 2 aromatic rings. The second-order valence-corrected chi connectivity index (χ2v) is 7.11. The van der Waals surface area contributed by atoms with Gasteiger partial charge in [0.1, 0.15) is 5.75 Å². The molecule has 1 saturated heterocycles. The third-order valence-electron chi connectivity index (χ3n) is 4.93. The average Bonchev–Trinajstić information content (AvgIpc) is 2.75. The van der Waals surface area contributed by atoms with Gasteiger partial charge in [-0.3, -0.25) is 4.79 Å². The van der Waals surface area contributed by atoms with Gasteiger partial charge in [-0.05, 0) is 17.7 Å². The Morgan fingerprint density at radius 1 is 1.23 bits per heavy atom. The lowest BCUT2D eigenvalue weighted by molar-refractivity contribution is -0.114. The van der Waals surface area contributed by atoms with Crippen LogP contribution in [0.3, 0.4) is 0 Å². The molecule has 8 heteroatoms. The zero-order valence-electron chi connectivity index (χ0n) is 17.1. The molecule has 1 aliphatic heterocycles. The molecule has 3 N–H and O–H groups in total. The van der Waals surface area contributed by atoms with Gasteiger partial charge >= 0.3 is 6.03 Å². The van der Waals surface area contributed by atoms with E-state index < -0.39 is 6.10 Å². The molecule has 3 amide bonds. The van der Waals surface area contributed by atoms with E-state index in [1.165, 1.54) is 14.0 Å². The van der Waals surface area contributed by atoms with Crippen LogP contribution in [-0.4, -0.2) is 54.9 Å². The highest BCUT2D eigenvalue weighted by Crippen LogP contribution is 2.29. The third kappa shape index (κ3) is 5.49. The lowest BCUT2D eigenvalue weighted by atomic mass is 10.0. The molecule has 0 spiro atoms. The fraction of sp³-hybridized carbons (Fsp3) is 0.364. The summed E-state index contributed by atoms with van der Waals surface area (Å²) in [4.78, 5) is 25.9. The number of nitrogens with one attached hydrogen (secondary N) is 2. The normalized spacial score (nSPS) is 17.2. The van der Waals surface area contributed by atoms with E-state index in [1.807, 2.05) is 30.3 Å². The minimum absolute atomic E-state index is 0.210. The molecule has 0 aromatic heterocycles. The van der Waals surface area contributed by atoms with Crippen LogP contribution in [0.15, 0.2) is 48.5 Å². The van der Waals surface area contributed by atoms with E-state index in [0.717, 1.165) is 5.56 Å². The summed E-state index contributed by atoms with van der Waals surface area (Å²) in [5.74, 6) is 0.235. The first-order chi connectivity index (χ1) is 14.5. The van der Waals surface area contributed by atoms with Crippen molar-refractivity contribution in [2.75, 3.05) is 37.5 Å². The van der Waals surface area contributed by atoms with Gasteiger partial charge < -0.3 is 30.1 Å². The van der Waals surface area contributed by atoms with Crippen LogP contribution in [0.4, 0.5) is 16.2 Å². The summed E-state index contributed by atoms with van der Waals surface area (Å²) < 4.78 is 10.8. The lowest BCUT2D eigenvalue weighted by Gasteiger charge is -2.36. The molecule has 2 unspecified atom stereocenters. The number of hydrogen-bond donors (Lipinski definition) is 3. The van der Waals surface area contributed by atoms with Crippen molar-refractivity contribution < 1.29 is 24.2 Å². The molecule has 1 fully saturated rings. The molecular formula is C22H27N3O5. The highest BCUT2D eigenvalue weighted by atomic mass is 16.5. The Hall–Kier alpha value is -3.10. The average molecular weight is 413 g/mol. The van der Waals surface area contributed by atoms with E-state index in [9.17, 15) is 14.7 Å². The van der Waals surface area contributed by atoms with Gasteiger partial charge in [0.05, 0.1) is 38.2 Å². The number of carbonyl (C=O) groups excluding carboxylic acids is 2. The van der Waals surface area contributed by atoms with Crippen molar-refractivity contribution in [3.63, 3.8) is 0 Å². The Morgan fingerprint density at radius 2 is 2.00 bits per heavy atom. The SMILES string of the molecule is COc1cc(NC(=O)N2CCOCC2CC(O)c2ccccc2)ccc1NC(C)=O. The number of hydrogen-bond acceptors (Lipinski definition) is 5. The number of ether oxygens (including phenoxy) is 2. The molecule has 1 heterocycles. The van der Waals surface area contributed by atoms with Gasteiger partial charge in [-0.2, -0.15) is 0 Å². The Labute approximate surface area is 175 Å². The van der Waals surface area contributed by atoms with Gasteiger partial charge in [0.2, 0.25) is 5.91 Å². The third-order valence-corrected chi connectivity index (χ3v) is 4.93. The summed E-state index contributed by atoms with van der Waals surface area (Å²) >= 11 is 0. The molecule has 0 saturated carbocycles. The van der Waals surface area contributed by atoms with E-state index in [1.54, 1.807) is 23.1 Å². The van der Waals surface area contributed by atoms with Crippen molar-refractivity contribution in [3.8, 4) is 5.75 Å². The first kappa shape index (κ1) is 21.6. The van der Waals surface area contributed by atoms with Crippen LogP contribution in [0.5, 0.6) is 5.75 Å². The largest absolute Gasteiger partial charge is 0.494 e. The molecule has 0 bridgehead atoms. The van der Waals surface area contributed by atoms with Crippen molar-refractivity contribution in [1.82, 2.24) is 4.90 Å². The van der Waals surface area contributed by atoms with Gasteiger partial charge in [0.15, 0.2) is 0 Å². The Kier molecular flexibility index (Phi) is 7.26. The molecule has 0 radical (unpaired) electrons. The number of benzene rings is 2. The van der Waals surface area contributed by atoms with Crippen molar-refractivity contribution in [3.05, 3.63) is 54.1 Å². The molecule has 30 heavy (non-hydrogen) atoms. The van der Waals surface area contributed by atoms with Gasteiger partial charge in [0.25, 0.3) is 0 Å². The van der Waals surface area contributed by atoms with Crippen molar-refractivity contribution in [2.45, 2.75) is 25.5 Å². The van der Waals surface area contributed by atoms with E-state index >= 15 is 0 Å². The van der Waals surface area contributed by atoms with Crippen LogP contribution in [-0.2, 0) is 9.53 Å². The Bertz CT molecular complexity index is 874. The zero-order chi connectivity index (χ0) is 21.5. The topological polar surface area (TPSA) is 100 Å². The molecule has 2 aromatic carbocycles. The minimum atomic E-state index is -0.690. The fourth-order valence-corrected chi connectivity index (χ4v) is 3.44. The van der Waals surface area contributed by atoms with E-state index in [2.05, 4.69) is 10.6 Å². The highest BCUT2D eigenvalue weighted by molar-refractivity contribution is 5.93. The monoisotopic (exact) mass is 413 g/mol. The zero-order valence-corrected chi connectivity index (χ0v) is 17.1. The minimum Gasteiger partial charge on any atom is -0.494 e. The number of nitrogens with zero attached hydrogens (tertiary/aromatic N) is 1. The number of amides is 3. The molecular weight excluding hydrogens is 386 g/mol. The Balaban J connectivity index is 1.68. The lowest BCUT2D eigenvalue weighted by Crippen LogP contribution is -2.50. The van der Waals surface area contributed by atoms with Gasteiger partial charge in [0, 0.05) is 31.6 Å². The first-order valence-electron chi connectivity index (χ1n) is 9.82. The second-order valence-electron chi connectivity index (χ2n) is 7.11. The molecule has 0 aliphatic carbocycles. The maximum absolute atomic E-state index is 12.9. The van der Waals surface area contributed by atoms with E-state index in [4.69, 9.17) is 9.47 Å². The van der Waals surface area contributed by atoms with Gasteiger partial charge in [-0.15, -0.1) is 0 Å². The van der Waals surface area contributed by atoms with Crippen LogP contribution in [0.1, 0.15) is 25.0 Å². The van der Waals surface area contributed by atoms with Crippen LogP contribution < -0.4 is 15.4 Å². The maximum atomic E-state index is 12.9. The van der Waals surface area contributed by atoms with Crippen molar-refractivity contribution in [2.24, 2.45) is 0 Å². The summed E-state index contributed by atoms with van der Waals surface area (Å²) in [6.45, 7) is 2.65. The molecule has 1 aliphatic rings.